The molecule has 0 saturated carbocycles. The van der Waals surface area contributed by atoms with Gasteiger partial charge in [0.1, 0.15) is 0 Å². The van der Waals surface area contributed by atoms with Crippen LogP contribution >= 0.6 is 0 Å². The molecule has 0 saturated heterocycles. The zero-order valence-electron chi connectivity index (χ0n) is 14.2. The van der Waals surface area contributed by atoms with Crippen molar-refractivity contribution in [3.63, 3.8) is 0 Å². The topological polar surface area (TPSA) is 3.24 Å². The summed E-state index contributed by atoms with van der Waals surface area (Å²) in [5.41, 5.74) is 6.58. The predicted octanol–water partition coefficient (Wildman–Crippen LogP) is 5.00. The van der Waals surface area contributed by atoms with Crippen LogP contribution in [0.3, 0.4) is 0 Å². The van der Waals surface area contributed by atoms with E-state index in [-0.39, 0.29) is 0 Å². The molecule has 2 heteroatoms. The fraction of sp³-hybridized carbons (Fsp3) is 0.0435. The Kier molecular flexibility index (Phi) is 3.17. The van der Waals surface area contributed by atoms with Gasteiger partial charge in [0.15, 0.2) is 0 Å². The van der Waals surface area contributed by atoms with Gasteiger partial charge >= 0.3 is 6.85 Å². The van der Waals surface area contributed by atoms with Crippen LogP contribution in [0.2, 0.25) is 0 Å². The third-order valence-corrected chi connectivity index (χ3v) is 5.19. The number of benzene rings is 3. The maximum absolute atomic E-state index is 2.34. The van der Waals surface area contributed by atoms with Crippen molar-refractivity contribution in [3.8, 4) is 11.1 Å². The smallest absolute Gasteiger partial charge is 0.320 e. The molecule has 1 nitrogen and oxygen atoms in total. The van der Waals surface area contributed by atoms with Crippen molar-refractivity contribution in [1.82, 2.24) is 4.81 Å². The van der Waals surface area contributed by atoms with Crippen LogP contribution in [0.5, 0.6) is 0 Å². The second-order valence-electron chi connectivity index (χ2n) is 6.80. The van der Waals surface area contributed by atoms with Crippen LogP contribution in [0.25, 0.3) is 28.0 Å². The summed E-state index contributed by atoms with van der Waals surface area (Å²) in [5, 5.41) is 2.62. The lowest BCUT2D eigenvalue weighted by atomic mass is 9.50. The average Bonchev–Trinajstić information content (AvgIpc) is 2.67. The third kappa shape index (κ3) is 2.33. The first kappa shape index (κ1) is 14.4. The van der Waals surface area contributed by atoms with Crippen molar-refractivity contribution in [2.75, 3.05) is 0 Å². The minimum absolute atomic E-state index is 0.309. The molecule has 0 spiro atoms. The highest BCUT2D eigenvalue weighted by atomic mass is 15.0. The Morgan fingerprint density at radius 3 is 2.52 bits per heavy atom. The maximum atomic E-state index is 2.34. The number of nitrogens with zero attached hydrogens (tertiary/aromatic N) is 1. The van der Waals surface area contributed by atoms with Crippen molar-refractivity contribution in [2.45, 2.75) is 6.92 Å². The van der Waals surface area contributed by atoms with Gasteiger partial charge in [-0.05, 0) is 70.5 Å². The number of hydrogen-bond donors (Lipinski definition) is 0. The first-order valence-corrected chi connectivity index (χ1v) is 8.74. The Balaban J connectivity index is 1.67. The Morgan fingerprint density at radius 2 is 1.64 bits per heavy atom. The molecule has 118 valence electrons. The summed E-state index contributed by atoms with van der Waals surface area (Å²) in [5.74, 6) is 2.34. The Labute approximate surface area is 148 Å². The number of allylic oxidation sites excluding steroid dienone is 2. The number of rotatable bonds is 1. The van der Waals surface area contributed by atoms with Gasteiger partial charge in [-0.3, -0.25) is 0 Å². The van der Waals surface area contributed by atoms with Crippen molar-refractivity contribution in [3.05, 3.63) is 96.3 Å². The van der Waals surface area contributed by atoms with Gasteiger partial charge in [0.2, 0.25) is 0 Å². The van der Waals surface area contributed by atoms with Crippen LogP contribution in [-0.4, -0.2) is 11.7 Å². The van der Waals surface area contributed by atoms with Gasteiger partial charge < -0.3 is 4.81 Å². The van der Waals surface area contributed by atoms with Crippen molar-refractivity contribution in [2.24, 2.45) is 0 Å². The van der Waals surface area contributed by atoms with Crippen LogP contribution in [0.4, 0.5) is 0 Å². The molecular formula is C23H18BN. The van der Waals surface area contributed by atoms with Crippen LogP contribution < -0.4 is 5.46 Å². The summed E-state index contributed by atoms with van der Waals surface area (Å²) in [4.78, 5) is 2.28. The third-order valence-electron chi connectivity index (χ3n) is 5.19. The molecule has 2 heterocycles. The zero-order chi connectivity index (χ0) is 16.8. The van der Waals surface area contributed by atoms with E-state index in [0.29, 0.717) is 6.85 Å². The SMILES string of the molecule is CC1=CB2c3ccc4cc(-c5ccccc5)ccc4c3C=CN2C=C1. The second kappa shape index (κ2) is 5.53. The molecule has 0 bridgehead atoms. The molecule has 2 aliphatic rings. The van der Waals surface area contributed by atoms with E-state index in [9.17, 15) is 0 Å². The molecule has 0 radical (unpaired) electrons. The molecule has 0 amide bonds. The van der Waals surface area contributed by atoms with E-state index in [1.807, 2.05) is 0 Å². The maximum Gasteiger partial charge on any atom is 0.320 e. The quantitative estimate of drug-likeness (QED) is 0.570. The van der Waals surface area contributed by atoms with E-state index in [0.717, 1.165) is 0 Å². The molecule has 3 aromatic carbocycles. The summed E-state index contributed by atoms with van der Waals surface area (Å²) in [7, 11) is 0. The second-order valence-corrected chi connectivity index (χ2v) is 6.80. The fourth-order valence-corrected chi connectivity index (χ4v) is 3.87. The molecule has 2 aliphatic heterocycles. The van der Waals surface area contributed by atoms with Crippen LogP contribution in [0, 0.1) is 0 Å². The fourth-order valence-electron chi connectivity index (χ4n) is 3.87. The summed E-state index contributed by atoms with van der Waals surface area (Å²) in [6.45, 7) is 2.47. The first-order valence-electron chi connectivity index (χ1n) is 8.74. The number of fused-ring (bicyclic) bond motifs is 5. The predicted molar refractivity (Wildman–Crippen MR) is 109 cm³/mol. The first-order chi connectivity index (χ1) is 12.3. The van der Waals surface area contributed by atoms with Crippen molar-refractivity contribution >= 4 is 29.2 Å². The van der Waals surface area contributed by atoms with Gasteiger partial charge in [0, 0.05) is 0 Å². The Bertz CT molecular complexity index is 1060. The molecule has 0 fully saturated rings. The van der Waals surface area contributed by atoms with E-state index >= 15 is 0 Å². The van der Waals surface area contributed by atoms with E-state index in [1.165, 1.54) is 38.5 Å². The molecule has 3 aromatic rings. The summed E-state index contributed by atoms with van der Waals surface area (Å²) >= 11 is 0. The highest BCUT2D eigenvalue weighted by molar-refractivity contribution is 6.77. The monoisotopic (exact) mass is 319 g/mol. The molecule has 0 atom stereocenters. The molecule has 0 N–H and O–H groups in total. The molecule has 0 aliphatic carbocycles. The lowest BCUT2D eigenvalue weighted by molar-refractivity contribution is 0.794. The highest BCUT2D eigenvalue weighted by Crippen LogP contribution is 2.29. The van der Waals surface area contributed by atoms with Crippen molar-refractivity contribution in [1.29, 1.82) is 0 Å². The summed E-state index contributed by atoms with van der Waals surface area (Å²) in [6, 6.07) is 21.9. The lowest BCUT2D eigenvalue weighted by Gasteiger charge is -2.31. The lowest BCUT2D eigenvalue weighted by Crippen LogP contribution is -2.46. The summed E-state index contributed by atoms with van der Waals surface area (Å²) in [6.07, 6.45) is 8.77. The largest absolute Gasteiger partial charge is 0.389 e. The minimum Gasteiger partial charge on any atom is -0.389 e. The van der Waals surface area contributed by atoms with Gasteiger partial charge in [-0.1, -0.05) is 66.1 Å². The van der Waals surface area contributed by atoms with E-state index in [4.69, 9.17) is 0 Å². The van der Waals surface area contributed by atoms with E-state index in [1.54, 1.807) is 0 Å². The van der Waals surface area contributed by atoms with E-state index < -0.39 is 0 Å². The van der Waals surface area contributed by atoms with Crippen LogP contribution in [0.1, 0.15) is 12.5 Å². The van der Waals surface area contributed by atoms with Gasteiger partial charge in [-0.2, -0.15) is 0 Å². The van der Waals surface area contributed by atoms with Crippen molar-refractivity contribution < 1.29 is 0 Å². The number of hydrogen-bond acceptors (Lipinski definition) is 1. The molecule has 0 unspecified atom stereocenters. The normalized spacial score (nSPS) is 15.2. The standard InChI is InChI=1S/C23H18BN/c1-17-11-13-25-14-12-22-21-9-7-19(18-5-3-2-4-6-18)15-20(21)8-10-23(22)24(25)16-17/h2-16H,1H3. The van der Waals surface area contributed by atoms with Gasteiger partial charge in [-0.15, -0.1) is 0 Å². The van der Waals surface area contributed by atoms with Gasteiger partial charge in [0.05, 0.1) is 0 Å². The average molecular weight is 319 g/mol. The van der Waals surface area contributed by atoms with E-state index in [2.05, 4.69) is 103 Å². The molecule has 25 heavy (non-hydrogen) atoms. The van der Waals surface area contributed by atoms with Crippen LogP contribution in [0.15, 0.2) is 90.7 Å². The summed E-state index contributed by atoms with van der Waals surface area (Å²) < 4.78 is 0. The molecule has 5 rings (SSSR count). The highest BCUT2D eigenvalue weighted by Gasteiger charge is 2.27. The molecule has 0 aromatic heterocycles. The Morgan fingerprint density at radius 1 is 0.800 bits per heavy atom. The molecular weight excluding hydrogens is 301 g/mol. The zero-order valence-corrected chi connectivity index (χ0v) is 14.2. The minimum atomic E-state index is 0.309. The van der Waals surface area contributed by atoms with Gasteiger partial charge in [0.25, 0.3) is 0 Å². The Hall–Kier alpha value is -3.00. The van der Waals surface area contributed by atoms with Crippen LogP contribution in [-0.2, 0) is 0 Å². The van der Waals surface area contributed by atoms with Gasteiger partial charge in [-0.25, -0.2) is 0 Å².